The van der Waals surface area contributed by atoms with E-state index in [-0.39, 0.29) is 32.1 Å². The number of rotatable bonds is 2. The molecule has 2 aromatic rings. The first-order valence-electron chi connectivity index (χ1n) is 9.50. The van der Waals surface area contributed by atoms with Crippen LogP contribution in [0.2, 0.25) is 0 Å². The first-order valence-corrected chi connectivity index (χ1v) is 9.50. The first-order chi connectivity index (χ1) is 13.7. The molecule has 0 amide bonds. The Morgan fingerprint density at radius 1 is 1.04 bits per heavy atom. The molecule has 7 nitrogen and oxygen atoms in total. The van der Waals surface area contributed by atoms with E-state index in [1.165, 1.54) is 11.1 Å². The summed E-state index contributed by atoms with van der Waals surface area (Å²) in [6, 6.07) is 7.99. The Hall–Kier alpha value is -2.93. The van der Waals surface area contributed by atoms with E-state index in [0.29, 0.717) is 11.5 Å². The summed E-state index contributed by atoms with van der Waals surface area (Å²) in [6.45, 7) is 1.22. The van der Waals surface area contributed by atoms with Gasteiger partial charge in [0.05, 0.1) is 6.42 Å². The van der Waals surface area contributed by atoms with E-state index in [4.69, 9.17) is 18.9 Å². The second-order valence-electron chi connectivity index (χ2n) is 7.60. The number of carboxylic acid groups (broad SMARTS) is 1. The Bertz CT molecular complexity index is 1000. The van der Waals surface area contributed by atoms with E-state index in [9.17, 15) is 9.90 Å². The summed E-state index contributed by atoms with van der Waals surface area (Å²) in [4.78, 5) is 14.0. The zero-order valence-corrected chi connectivity index (χ0v) is 15.1. The number of benzene rings is 2. The summed E-state index contributed by atoms with van der Waals surface area (Å²) in [7, 11) is 0. The second kappa shape index (κ2) is 5.78. The Morgan fingerprint density at radius 2 is 1.82 bits per heavy atom. The van der Waals surface area contributed by atoms with Crippen LogP contribution < -0.4 is 18.9 Å². The highest BCUT2D eigenvalue weighted by Crippen LogP contribution is 2.52. The summed E-state index contributed by atoms with van der Waals surface area (Å²) in [6.07, 6.45) is 1.68. The predicted molar refractivity (Wildman–Crippen MR) is 97.0 cm³/mol. The highest BCUT2D eigenvalue weighted by molar-refractivity contribution is 5.69. The Kier molecular flexibility index (Phi) is 3.32. The summed E-state index contributed by atoms with van der Waals surface area (Å²) in [5, 5.41) is 9.62. The summed E-state index contributed by atoms with van der Waals surface area (Å²) < 4.78 is 22.4. The standard InChI is InChI=1S/C21H19NO6/c23-19(24)8-15-20-12(1-2-16-21(20)28-10-25-16)5-14-13-7-18-17(26-9-27-18)6-11(13)3-4-22(14)15/h1-2,6-7,14-15H,3-5,8-10H2,(H,23,24)/t14-,15+/m1/s1. The number of fused-ring (bicyclic) bond motifs is 7. The number of carbonyl (C=O) groups is 1. The fraction of sp³-hybridized carbons (Fsp3) is 0.381. The molecule has 4 aliphatic rings. The molecule has 7 heteroatoms. The van der Waals surface area contributed by atoms with E-state index < -0.39 is 5.97 Å². The van der Waals surface area contributed by atoms with Crippen LogP contribution in [-0.2, 0) is 17.6 Å². The molecule has 0 bridgehead atoms. The Balaban J connectivity index is 1.49. The smallest absolute Gasteiger partial charge is 0.305 e. The van der Waals surface area contributed by atoms with E-state index >= 15 is 0 Å². The maximum atomic E-state index is 11.7. The van der Waals surface area contributed by atoms with Gasteiger partial charge in [-0.25, -0.2) is 0 Å². The van der Waals surface area contributed by atoms with Crippen molar-refractivity contribution in [1.82, 2.24) is 4.90 Å². The number of aliphatic carboxylic acids is 1. The van der Waals surface area contributed by atoms with Gasteiger partial charge in [-0.15, -0.1) is 0 Å². The largest absolute Gasteiger partial charge is 0.481 e. The molecular formula is C21H19NO6. The summed E-state index contributed by atoms with van der Waals surface area (Å²) in [5.74, 6) is 2.16. The average molecular weight is 381 g/mol. The lowest BCUT2D eigenvalue weighted by atomic mass is 9.79. The topological polar surface area (TPSA) is 77.5 Å². The molecule has 4 heterocycles. The highest BCUT2D eigenvalue weighted by Gasteiger charge is 2.42. The van der Waals surface area contributed by atoms with Crippen molar-refractivity contribution in [2.24, 2.45) is 0 Å². The van der Waals surface area contributed by atoms with Gasteiger partial charge in [0.1, 0.15) is 0 Å². The molecule has 0 fully saturated rings. The molecule has 0 saturated carbocycles. The van der Waals surface area contributed by atoms with Crippen molar-refractivity contribution in [3.63, 3.8) is 0 Å². The van der Waals surface area contributed by atoms with Crippen LogP contribution in [0.1, 0.15) is 40.8 Å². The molecular weight excluding hydrogens is 362 g/mol. The molecule has 144 valence electrons. The van der Waals surface area contributed by atoms with Crippen molar-refractivity contribution in [3.8, 4) is 23.0 Å². The second-order valence-corrected chi connectivity index (χ2v) is 7.60. The van der Waals surface area contributed by atoms with E-state index in [2.05, 4.69) is 23.1 Å². The minimum absolute atomic E-state index is 0.0310. The molecule has 2 atom stereocenters. The maximum absolute atomic E-state index is 11.7. The molecule has 2 aromatic carbocycles. The molecule has 4 aliphatic heterocycles. The van der Waals surface area contributed by atoms with Gasteiger partial charge in [-0.1, -0.05) is 6.07 Å². The number of hydrogen-bond acceptors (Lipinski definition) is 6. The van der Waals surface area contributed by atoms with Crippen LogP contribution in [0.4, 0.5) is 0 Å². The summed E-state index contributed by atoms with van der Waals surface area (Å²) >= 11 is 0. The molecule has 0 saturated heterocycles. The third-order valence-corrected chi connectivity index (χ3v) is 6.22. The Labute approximate surface area is 161 Å². The third-order valence-electron chi connectivity index (χ3n) is 6.22. The molecule has 6 rings (SSSR count). The highest BCUT2D eigenvalue weighted by atomic mass is 16.7. The van der Waals surface area contributed by atoms with Gasteiger partial charge < -0.3 is 24.1 Å². The first kappa shape index (κ1) is 16.1. The van der Waals surface area contributed by atoms with Crippen LogP contribution in [0.15, 0.2) is 24.3 Å². The fourth-order valence-electron chi connectivity index (χ4n) is 5.05. The van der Waals surface area contributed by atoms with Crippen LogP contribution in [0, 0.1) is 0 Å². The molecule has 0 aliphatic carbocycles. The lowest BCUT2D eigenvalue weighted by Crippen LogP contribution is -2.43. The zero-order valence-electron chi connectivity index (χ0n) is 15.1. The van der Waals surface area contributed by atoms with E-state index in [0.717, 1.165) is 42.0 Å². The number of carboxylic acids is 1. The van der Waals surface area contributed by atoms with Crippen molar-refractivity contribution < 1.29 is 28.8 Å². The molecule has 0 spiro atoms. The van der Waals surface area contributed by atoms with Gasteiger partial charge in [-0.3, -0.25) is 9.69 Å². The Morgan fingerprint density at radius 3 is 2.68 bits per heavy atom. The van der Waals surface area contributed by atoms with Gasteiger partial charge in [0.25, 0.3) is 0 Å². The molecule has 0 aromatic heterocycles. The lowest BCUT2D eigenvalue weighted by Gasteiger charge is -2.46. The van der Waals surface area contributed by atoms with E-state index in [1.807, 2.05) is 6.07 Å². The third kappa shape index (κ3) is 2.22. The van der Waals surface area contributed by atoms with Crippen molar-refractivity contribution in [3.05, 3.63) is 46.5 Å². The van der Waals surface area contributed by atoms with Gasteiger partial charge in [-0.05, 0) is 47.7 Å². The van der Waals surface area contributed by atoms with Crippen LogP contribution in [0.25, 0.3) is 0 Å². The van der Waals surface area contributed by atoms with Gasteiger partial charge in [-0.2, -0.15) is 0 Å². The molecule has 28 heavy (non-hydrogen) atoms. The van der Waals surface area contributed by atoms with Crippen molar-refractivity contribution in [2.75, 3.05) is 20.1 Å². The van der Waals surface area contributed by atoms with Gasteiger partial charge in [0, 0.05) is 24.2 Å². The zero-order chi connectivity index (χ0) is 18.8. The van der Waals surface area contributed by atoms with E-state index in [1.54, 1.807) is 0 Å². The SMILES string of the molecule is O=C(O)C[C@H]1c2c(ccc3c2OCO3)C[C@@H]2c3cc4c(cc3CCN21)OCO4. The van der Waals surface area contributed by atoms with Crippen molar-refractivity contribution in [2.45, 2.75) is 31.3 Å². The predicted octanol–water partition coefficient (Wildman–Crippen LogP) is 2.82. The summed E-state index contributed by atoms with van der Waals surface area (Å²) in [5.41, 5.74) is 4.55. The average Bonchev–Trinajstić information content (AvgIpc) is 3.34. The molecule has 1 N–H and O–H groups in total. The van der Waals surface area contributed by atoms with Gasteiger partial charge >= 0.3 is 5.97 Å². The van der Waals surface area contributed by atoms with Gasteiger partial charge in [0.2, 0.25) is 13.6 Å². The number of hydrogen-bond donors (Lipinski definition) is 1. The lowest BCUT2D eigenvalue weighted by molar-refractivity contribution is -0.139. The molecule has 0 radical (unpaired) electrons. The minimum atomic E-state index is -0.815. The van der Waals surface area contributed by atoms with Crippen LogP contribution in [-0.4, -0.2) is 36.1 Å². The fourth-order valence-corrected chi connectivity index (χ4v) is 5.05. The van der Waals surface area contributed by atoms with Crippen molar-refractivity contribution >= 4 is 5.97 Å². The molecule has 0 unspecified atom stereocenters. The van der Waals surface area contributed by atoms with Gasteiger partial charge in [0.15, 0.2) is 23.0 Å². The minimum Gasteiger partial charge on any atom is -0.481 e. The normalized spacial score (nSPS) is 23.7. The van der Waals surface area contributed by atoms with Crippen LogP contribution in [0.3, 0.4) is 0 Å². The van der Waals surface area contributed by atoms with Crippen molar-refractivity contribution in [1.29, 1.82) is 0 Å². The number of ether oxygens (including phenoxy) is 4. The quantitative estimate of drug-likeness (QED) is 0.857. The maximum Gasteiger partial charge on any atom is 0.305 e. The van der Waals surface area contributed by atoms with Crippen LogP contribution >= 0.6 is 0 Å². The van der Waals surface area contributed by atoms with Crippen LogP contribution in [0.5, 0.6) is 23.0 Å². The number of nitrogens with zero attached hydrogens (tertiary/aromatic N) is 1. The monoisotopic (exact) mass is 381 g/mol.